The maximum Gasteiger partial charge on any atom is 0.222 e. The van der Waals surface area contributed by atoms with Crippen molar-refractivity contribution < 1.29 is 4.79 Å². The summed E-state index contributed by atoms with van der Waals surface area (Å²) >= 11 is 0. The van der Waals surface area contributed by atoms with E-state index >= 15 is 0 Å². The smallest absolute Gasteiger partial charge is 0.222 e. The van der Waals surface area contributed by atoms with Gasteiger partial charge in [0.1, 0.15) is 0 Å². The molecular formula is C9H13N3O. The highest BCUT2D eigenvalue weighted by Crippen LogP contribution is 2.57. The number of hydrogen-bond donors (Lipinski definition) is 0. The van der Waals surface area contributed by atoms with Gasteiger partial charge in [0, 0.05) is 10.8 Å². The van der Waals surface area contributed by atoms with E-state index in [2.05, 4.69) is 10.0 Å². The molecule has 0 radical (unpaired) electrons. The van der Waals surface area contributed by atoms with Gasteiger partial charge in [-0.15, -0.1) is 0 Å². The Morgan fingerprint density at radius 3 is 2.38 bits per heavy atom. The lowest BCUT2D eigenvalue weighted by molar-refractivity contribution is -0.123. The topological polar surface area (TPSA) is 65.8 Å². The van der Waals surface area contributed by atoms with Gasteiger partial charge in [0.15, 0.2) is 0 Å². The quantitative estimate of drug-likeness (QED) is 0.346. The Balaban J connectivity index is 1.90. The largest absolute Gasteiger partial charge is 0.292 e. The van der Waals surface area contributed by atoms with Crippen LogP contribution in [0.5, 0.6) is 0 Å². The molecule has 1 spiro atoms. The van der Waals surface area contributed by atoms with Crippen molar-refractivity contribution in [2.24, 2.45) is 16.4 Å². The van der Waals surface area contributed by atoms with Crippen molar-refractivity contribution in [2.45, 2.75) is 38.5 Å². The number of hydrogen-bond acceptors (Lipinski definition) is 1. The summed E-state index contributed by atoms with van der Waals surface area (Å²) in [4.78, 5) is 13.7. The molecule has 0 unspecified atom stereocenters. The molecule has 70 valence electrons. The Kier molecular flexibility index (Phi) is 2.00. The van der Waals surface area contributed by atoms with Crippen molar-refractivity contribution in [2.75, 3.05) is 0 Å². The number of azide groups is 1. The van der Waals surface area contributed by atoms with E-state index in [1.165, 1.54) is 12.8 Å². The van der Waals surface area contributed by atoms with Crippen LogP contribution < -0.4 is 0 Å². The van der Waals surface area contributed by atoms with Crippen molar-refractivity contribution in [1.29, 1.82) is 0 Å². The SMILES string of the molecule is [N-]=[N+]=NC(=O)C1CCC2(CC1)CC2. The number of carbonyl (C=O) groups is 1. The molecule has 13 heavy (non-hydrogen) atoms. The molecule has 2 rings (SSSR count). The molecular weight excluding hydrogens is 166 g/mol. The molecule has 0 atom stereocenters. The summed E-state index contributed by atoms with van der Waals surface area (Å²) in [5.74, 6) is -0.236. The maximum absolute atomic E-state index is 11.2. The first-order valence-electron chi connectivity index (χ1n) is 4.85. The van der Waals surface area contributed by atoms with Crippen LogP contribution >= 0.6 is 0 Å². The third-order valence-electron chi connectivity index (χ3n) is 3.50. The van der Waals surface area contributed by atoms with Crippen LogP contribution in [0.4, 0.5) is 0 Å². The maximum atomic E-state index is 11.2. The highest BCUT2D eigenvalue weighted by atomic mass is 16.1. The molecule has 0 aromatic rings. The van der Waals surface area contributed by atoms with Crippen molar-refractivity contribution in [3.63, 3.8) is 0 Å². The van der Waals surface area contributed by atoms with Gasteiger partial charge in [0.05, 0.1) is 0 Å². The minimum atomic E-state index is -0.252. The van der Waals surface area contributed by atoms with Gasteiger partial charge in [-0.25, -0.2) is 0 Å². The van der Waals surface area contributed by atoms with Gasteiger partial charge >= 0.3 is 0 Å². The standard InChI is InChI=1S/C9H13N3O/c10-12-11-8(13)7-1-3-9(4-2-7)5-6-9/h7H,1-6H2. The number of nitrogens with zero attached hydrogens (tertiary/aromatic N) is 3. The Bertz CT molecular complexity index is 267. The van der Waals surface area contributed by atoms with Crippen LogP contribution in [0.2, 0.25) is 0 Å². The van der Waals surface area contributed by atoms with Crippen LogP contribution in [-0.2, 0) is 4.79 Å². The number of carbonyl (C=O) groups excluding carboxylic acids is 1. The monoisotopic (exact) mass is 179 g/mol. The molecule has 0 saturated heterocycles. The first-order valence-corrected chi connectivity index (χ1v) is 4.85. The van der Waals surface area contributed by atoms with Crippen molar-refractivity contribution in [1.82, 2.24) is 0 Å². The number of amides is 1. The van der Waals surface area contributed by atoms with E-state index in [-0.39, 0.29) is 11.8 Å². The lowest BCUT2D eigenvalue weighted by Gasteiger charge is -2.26. The molecule has 0 aliphatic heterocycles. The zero-order valence-corrected chi connectivity index (χ0v) is 7.57. The Labute approximate surface area is 76.9 Å². The van der Waals surface area contributed by atoms with E-state index in [9.17, 15) is 4.79 Å². The highest BCUT2D eigenvalue weighted by molar-refractivity contribution is 5.79. The van der Waals surface area contributed by atoms with E-state index in [1.807, 2.05) is 0 Å². The van der Waals surface area contributed by atoms with Gasteiger partial charge < -0.3 is 0 Å². The lowest BCUT2D eigenvalue weighted by atomic mass is 9.79. The average Bonchev–Trinajstić information content (AvgIpc) is 2.87. The molecule has 1 amide bonds. The molecule has 0 heterocycles. The average molecular weight is 179 g/mol. The molecule has 4 nitrogen and oxygen atoms in total. The predicted octanol–water partition coefficient (Wildman–Crippen LogP) is 2.79. The van der Waals surface area contributed by atoms with Crippen LogP contribution in [0.3, 0.4) is 0 Å². The molecule has 0 N–H and O–H groups in total. The van der Waals surface area contributed by atoms with Gasteiger partial charge in [-0.2, -0.15) is 0 Å². The fourth-order valence-electron chi connectivity index (χ4n) is 2.28. The predicted molar refractivity (Wildman–Crippen MR) is 47.8 cm³/mol. The number of rotatable bonds is 1. The van der Waals surface area contributed by atoms with E-state index in [1.54, 1.807) is 0 Å². The minimum absolute atomic E-state index is 0.0159. The Hall–Kier alpha value is -1.02. The zero-order valence-electron chi connectivity index (χ0n) is 7.57. The van der Waals surface area contributed by atoms with Crippen LogP contribution in [0.25, 0.3) is 10.4 Å². The summed E-state index contributed by atoms with van der Waals surface area (Å²) in [5, 5.41) is 3.16. The molecule has 2 aliphatic carbocycles. The van der Waals surface area contributed by atoms with Gasteiger partial charge in [-0.3, -0.25) is 4.79 Å². The molecule has 2 fully saturated rings. The van der Waals surface area contributed by atoms with Crippen molar-refractivity contribution in [3.8, 4) is 0 Å². The molecule has 0 bridgehead atoms. The van der Waals surface area contributed by atoms with E-state index in [4.69, 9.17) is 5.53 Å². The molecule has 0 aromatic heterocycles. The van der Waals surface area contributed by atoms with Gasteiger partial charge in [-0.05, 0) is 54.6 Å². The second kappa shape index (κ2) is 3.04. The first kappa shape index (κ1) is 8.57. The summed E-state index contributed by atoms with van der Waals surface area (Å²) < 4.78 is 0. The Morgan fingerprint density at radius 1 is 1.31 bits per heavy atom. The van der Waals surface area contributed by atoms with Crippen LogP contribution in [-0.4, -0.2) is 5.91 Å². The van der Waals surface area contributed by atoms with Gasteiger partial charge in [0.2, 0.25) is 5.91 Å². The second-order valence-corrected chi connectivity index (χ2v) is 4.30. The van der Waals surface area contributed by atoms with E-state index < -0.39 is 0 Å². The highest BCUT2D eigenvalue weighted by Gasteiger charge is 2.45. The van der Waals surface area contributed by atoms with Crippen LogP contribution in [0, 0.1) is 11.3 Å². The fourth-order valence-corrected chi connectivity index (χ4v) is 2.28. The summed E-state index contributed by atoms with van der Waals surface area (Å²) in [6, 6.07) is 0. The van der Waals surface area contributed by atoms with E-state index in [0.717, 1.165) is 25.7 Å². The zero-order chi connectivity index (χ0) is 9.31. The third-order valence-corrected chi connectivity index (χ3v) is 3.50. The summed E-state index contributed by atoms with van der Waals surface area (Å²) in [5.41, 5.74) is 8.72. The molecule has 2 saturated carbocycles. The first-order chi connectivity index (χ1) is 6.26. The van der Waals surface area contributed by atoms with Gasteiger partial charge in [0.25, 0.3) is 0 Å². The summed E-state index contributed by atoms with van der Waals surface area (Å²) in [6.07, 6.45) is 6.86. The van der Waals surface area contributed by atoms with Gasteiger partial charge in [-0.1, -0.05) is 0 Å². The third kappa shape index (κ3) is 1.68. The normalized spacial score (nSPS) is 25.2. The minimum Gasteiger partial charge on any atom is -0.292 e. The van der Waals surface area contributed by atoms with E-state index in [0.29, 0.717) is 5.41 Å². The Morgan fingerprint density at radius 2 is 1.92 bits per heavy atom. The summed E-state index contributed by atoms with van der Waals surface area (Å²) in [6.45, 7) is 0. The fraction of sp³-hybridized carbons (Fsp3) is 0.889. The van der Waals surface area contributed by atoms with Crippen LogP contribution in [0.1, 0.15) is 38.5 Å². The lowest BCUT2D eigenvalue weighted by Crippen LogP contribution is -2.20. The molecule has 4 heteroatoms. The van der Waals surface area contributed by atoms with Crippen LogP contribution in [0.15, 0.2) is 5.11 Å². The second-order valence-electron chi connectivity index (χ2n) is 4.30. The van der Waals surface area contributed by atoms with Crippen molar-refractivity contribution in [3.05, 3.63) is 10.4 Å². The van der Waals surface area contributed by atoms with Crippen molar-refractivity contribution >= 4 is 5.91 Å². The summed E-state index contributed by atoms with van der Waals surface area (Å²) in [7, 11) is 0. The molecule has 2 aliphatic rings. The molecule has 0 aromatic carbocycles.